The third kappa shape index (κ3) is 3.90. The summed E-state index contributed by atoms with van der Waals surface area (Å²) in [6.45, 7) is 5.84. The number of aromatic nitrogens is 2. The van der Waals surface area contributed by atoms with E-state index in [9.17, 15) is 9.18 Å². The highest BCUT2D eigenvalue weighted by Gasteiger charge is 2.26. The molecule has 0 bridgehead atoms. The van der Waals surface area contributed by atoms with Gasteiger partial charge >= 0.3 is 0 Å². The molecule has 2 unspecified atom stereocenters. The number of pyridine rings is 1. The quantitative estimate of drug-likeness (QED) is 0.815. The topological polar surface area (TPSA) is 46.1 Å². The molecule has 2 atom stereocenters. The molecule has 0 fully saturated rings. The van der Waals surface area contributed by atoms with E-state index < -0.39 is 5.82 Å². The van der Waals surface area contributed by atoms with Crippen LogP contribution in [-0.4, -0.2) is 34.4 Å². The van der Waals surface area contributed by atoms with E-state index in [0.717, 1.165) is 16.9 Å². The standard InChI is InChI=1S/C16H20FN3OS2/c1-9(11(3)22-5)15(21)20(4)16-10(2)19-14(23-16)12-6-13(17)8-18-7-12/h6-9,11H,1-5H3. The lowest BCUT2D eigenvalue weighted by atomic mass is 10.1. The van der Waals surface area contributed by atoms with E-state index >= 15 is 0 Å². The van der Waals surface area contributed by atoms with Crippen LogP contribution < -0.4 is 4.90 Å². The Bertz CT molecular complexity index is 704. The van der Waals surface area contributed by atoms with Crippen LogP contribution >= 0.6 is 23.1 Å². The van der Waals surface area contributed by atoms with Gasteiger partial charge in [0, 0.05) is 30.0 Å². The summed E-state index contributed by atoms with van der Waals surface area (Å²) in [5.74, 6) is -0.429. The molecule has 0 aliphatic rings. The number of amides is 1. The SMILES string of the molecule is CSC(C)C(C)C(=O)N(C)c1sc(-c2cncc(F)c2)nc1C. The van der Waals surface area contributed by atoms with Gasteiger partial charge in [0.05, 0.1) is 11.9 Å². The summed E-state index contributed by atoms with van der Waals surface area (Å²) in [6, 6.07) is 1.40. The second-order valence-electron chi connectivity index (χ2n) is 5.43. The van der Waals surface area contributed by atoms with Gasteiger partial charge in [-0.3, -0.25) is 9.78 Å². The van der Waals surface area contributed by atoms with Gasteiger partial charge in [0.15, 0.2) is 0 Å². The third-order valence-electron chi connectivity index (χ3n) is 3.82. The second-order valence-corrected chi connectivity index (χ2v) is 7.62. The van der Waals surface area contributed by atoms with Crippen molar-refractivity contribution in [2.24, 2.45) is 5.92 Å². The summed E-state index contributed by atoms with van der Waals surface area (Å²) in [6.07, 6.45) is 4.73. The number of hydrogen-bond donors (Lipinski definition) is 0. The predicted molar refractivity (Wildman–Crippen MR) is 95.6 cm³/mol. The van der Waals surface area contributed by atoms with Gasteiger partial charge in [0.25, 0.3) is 0 Å². The van der Waals surface area contributed by atoms with Gasteiger partial charge in [-0.05, 0) is 19.2 Å². The minimum absolute atomic E-state index is 0.0579. The predicted octanol–water partition coefficient (Wildman–Crippen LogP) is 4.00. The summed E-state index contributed by atoms with van der Waals surface area (Å²) in [4.78, 5) is 22.6. The number of carbonyl (C=O) groups excluding carboxylic acids is 1. The Labute approximate surface area is 144 Å². The minimum Gasteiger partial charge on any atom is -0.305 e. The smallest absolute Gasteiger partial charge is 0.231 e. The van der Waals surface area contributed by atoms with Crippen LogP contribution in [0.2, 0.25) is 0 Å². The van der Waals surface area contributed by atoms with Crippen LogP contribution in [0.15, 0.2) is 18.5 Å². The zero-order valence-electron chi connectivity index (χ0n) is 13.8. The molecule has 2 rings (SSSR count). The fourth-order valence-corrected chi connectivity index (χ4v) is 3.70. The maximum Gasteiger partial charge on any atom is 0.231 e. The molecule has 0 saturated carbocycles. The van der Waals surface area contributed by atoms with Crippen molar-refractivity contribution in [1.82, 2.24) is 9.97 Å². The second kappa shape index (κ2) is 7.40. The number of thiazole rings is 1. The number of halogens is 1. The molecule has 0 saturated heterocycles. The number of aryl methyl sites for hydroxylation is 1. The molecule has 1 amide bonds. The number of nitrogens with zero attached hydrogens (tertiary/aromatic N) is 3. The van der Waals surface area contributed by atoms with Crippen molar-refractivity contribution in [2.45, 2.75) is 26.0 Å². The molecule has 2 aromatic heterocycles. The van der Waals surface area contributed by atoms with Crippen LogP contribution in [0, 0.1) is 18.7 Å². The van der Waals surface area contributed by atoms with E-state index in [2.05, 4.69) is 9.97 Å². The lowest BCUT2D eigenvalue weighted by Gasteiger charge is -2.23. The average Bonchev–Trinajstić information content (AvgIpc) is 2.93. The van der Waals surface area contributed by atoms with Crippen LogP contribution in [0.3, 0.4) is 0 Å². The molecular formula is C16H20FN3OS2. The van der Waals surface area contributed by atoms with Crippen LogP contribution in [0.5, 0.6) is 0 Å². The minimum atomic E-state index is -0.399. The Morgan fingerprint density at radius 3 is 2.70 bits per heavy atom. The number of carbonyl (C=O) groups is 1. The molecule has 7 heteroatoms. The molecule has 23 heavy (non-hydrogen) atoms. The summed E-state index contributed by atoms with van der Waals surface area (Å²) in [5.41, 5.74) is 1.38. The molecule has 0 N–H and O–H groups in total. The summed E-state index contributed by atoms with van der Waals surface area (Å²) in [7, 11) is 1.76. The Morgan fingerprint density at radius 2 is 2.09 bits per heavy atom. The van der Waals surface area contributed by atoms with Gasteiger partial charge in [0.2, 0.25) is 5.91 Å². The summed E-state index contributed by atoms with van der Waals surface area (Å²) >= 11 is 3.05. The van der Waals surface area contributed by atoms with Crippen LogP contribution in [0.1, 0.15) is 19.5 Å². The first-order valence-electron chi connectivity index (χ1n) is 7.23. The van der Waals surface area contributed by atoms with Gasteiger partial charge in [0.1, 0.15) is 15.8 Å². The van der Waals surface area contributed by atoms with Crippen molar-refractivity contribution >= 4 is 34.0 Å². The zero-order valence-corrected chi connectivity index (χ0v) is 15.5. The van der Waals surface area contributed by atoms with Gasteiger partial charge < -0.3 is 4.90 Å². The molecule has 0 aliphatic carbocycles. The first-order valence-corrected chi connectivity index (χ1v) is 9.34. The van der Waals surface area contributed by atoms with E-state index in [1.165, 1.54) is 17.4 Å². The van der Waals surface area contributed by atoms with E-state index in [1.54, 1.807) is 29.9 Å². The number of rotatable bonds is 5. The average molecular weight is 353 g/mol. The molecular weight excluding hydrogens is 333 g/mol. The highest BCUT2D eigenvalue weighted by Crippen LogP contribution is 2.35. The molecule has 0 radical (unpaired) electrons. The van der Waals surface area contributed by atoms with Gasteiger partial charge in [-0.1, -0.05) is 25.2 Å². The maximum atomic E-state index is 13.3. The van der Waals surface area contributed by atoms with Crippen LogP contribution in [-0.2, 0) is 4.79 Å². The van der Waals surface area contributed by atoms with E-state index in [1.807, 2.05) is 27.0 Å². The maximum absolute atomic E-state index is 13.3. The van der Waals surface area contributed by atoms with Gasteiger partial charge in [-0.2, -0.15) is 11.8 Å². The lowest BCUT2D eigenvalue weighted by Crippen LogP contribution is -2.35. The highest BCUT2D eigenvalue weighted by molar-refractivity contribution is 7.99. The Hall–Kier alpha value is -1.47. The molecule has 2 heterocycles. The normalized spacial score (nSPS) is 13.7. The Balaban J connectivity index is 2.29. The molecule has 2 aromatic rings. The zero-order chi connectivity index (χ0) is 17.1. The lowest BCUT2D eigenvalue weighted by molar-refractivity contribution is -0.121. The monoisotopic (exact) mass is 353 g/mol. The van der Waals surface area contributed by atoms with Crippen molar-refractivity contribution in [3.05, 3.63) is 30.0 Å². The fraction of sp³-hybridized carbons (Fsp3) is 0.438. The van der Waals surface area contributed by atoms with Crippen molar-refractivity contribution in [1.29, 1.82) is 0 Å². The molecule has 124 valence electrons. The summed E-state index contributed by atoms with van der Waals surface area (Å²) in [5, 5.41) is 1.69. The Morgan fingerprint density at radius 1 is 1.39 bits per heavy atom. The highest BCUT2D eigenvalue weighted by atomic mass is 32.2. The Kier molecular flexibility index (Phi) is 5.75. The van der Waals surface area contributed by atoms with Crippen molar-refractivity contribution in [3.8, 4) is 10.6 Å². The number of anilines is 1. The van der Waals surface area contributed by atoms with Crippen LogP contribution in [0.4, 0.5) is 9.39 Å². The van der Waals surface area contributed by atoms with E-state index in [0.29, 0.717) is 10.6 Å². The first-order chi connectivity index (χ1) is 10.8. The molecule has 4 nitrogen and oxygen atoms in total. The summed E-state index contributed by atoms with van der Waals surface area (Å²) < 4.78 is 13.3. The van der Waals surface area contributed by atoms with Crippen LogP contribution in [0.25, 0.3) is 10.6 Å². The fourth-order valence-electron chi connectivity index (χ4n) is 2.16. The number of thioether (sulfide) groups is 1. The van der Waals surface area contributed by atoms with E-state index in [4.69, 9.17) is 0 Å². The molecule has 0 spiro atoms. The largest absolute Gasteiger partial charge is 0.305 e. The molecule has 0 aliphatic heterocycles. The van der Waals surface area contributed by atoms with Gasteiger partial charge in [-0.15, -0.1) is 0 Å². The van der Waals surface area contributed by atoms with Crippen molar-refractivity contribution < 1.29 is 9.18 Å². The van der Waals surface area contributed by atoms with Gasteiger partial charge in [-0.25, -0.2) is 9.37 Å². The molecule has 0 aromatic carbocycles. The number of hydrogen-bond acceptors (Lipinski definition) is 5. The van der Waals surface area contributed by atoms with Crippen molar-refractivity contribution in [2.75, 3.05) is 18.2 Å². The van der Waals surface area contributed by atoms with E-state index in [-0.39, 0.29) is 17.1 Å². The van der Waals surface area contributed by atoms with Crippen molar-refractivity contribution in [3.63, 3.8) is 0 Å². The third-order valence-corrected chi connectivity index (χ3v) is 6.26. The first kappa shape index (κ1) is 17.9.